The number of benzene rings is 2. The average Bonchev–Trinajstić information content (AvgIpc) is 3.54. The van der Waals surface area contributed by atoms with Gasteiger partial charge in [0.05, 0.1) is 12.1 Å². The third-order valence-corrected chi connectivity index (χ3v) is 4.68. The molecule has 0 bridgehead atoms. The molecule has 134 valence electrons. The molecule has 0 radical (unpaired) electrons. The highest BCUT2D eigenvalue weighted by atomic mass is 16.2. The molecule has 0 amide bonds. The van der Waals surface area contributed by atoms with Crippen molar-refractivity contribution in [2.24, 2.45) is 5.92 Å². The molecule has 0 spiro atoms. The molecular weight excluding hydrogens is 340 g/mol. The quantitative estimate of drug-likeness (QED) is 0.500. The molecule has 4 rings (SSSR count). The number of hydrogen-bond donors (Lipinski definition) is 0. The summed E-state index contributed by atoms with van der Waals surface area (Å²) in [6.07, 6.45) is 2.74. The van der Waals surface area contributed by atoms with E-state index in [1.54, 1.807) is 12.1 Å². The van der Waals surface area contributed by atoms with E-state index in [1.165, 1.54) is 10.8 Å². The van der Waals surface area contributed by atoms with Crippen molar-refractivity contribution >= 4 is 11.6 Å². The number of Topliss-reactive ketones (excluding diaryl/α,β-unsaturated/α-hetero) is 2. The number of nitrogens with zero attached hydrogens (tertiary/aromatic N) is 2. The second-order valence-corrected chi connectivity index (χ2v) is 6.68. The van der Waals surface area contributed by atoms with Crippen molar-refractivity contribution in [3.8, 4) is 17.1 Å². The first-order chi connectivity index (χ1) is 13.1. The fourth-order valence-corrected chi connectivity index (χ4v) is 3.06. The minimum atomic E-state index is -0.464. The number of hydrogen-bond acceptors (Lipinski definition) is 4. The maximum Gasteiger partial charge on any atom is 0.269 e. The highest BCUT2D eigenvalue weighted by Gasteiger charge is 2.31. The normalized spacial score (nSPS) is 13.3. The van der Waals surface area contributed by atoms with Gasteiger partial charge in [-0.1, -0.05) is 48.5 Å². The lowest BCUT2D eigenvalue weighted by molar-refractivity contribution is -0.119. The molecular formula is C22H18N2O3. The summed E-state index contributed by atoms with van der Waals surface area (Å²) < 4.78 is 1.43. The fraction of sp³-hybridized carbons (Fsp3) is 0.182. The fourth-order valence-electron chi connectivity index (χ4n) is 3.06. The number of carbonyl (C=O) groups is 2. The molecule has 0 aliphatic heterocycles. The summed E-state index contributed by atoms with van der Waals surface area (Å²) in [7, 11) is 0. The summed E-state index contributed by atoms with van der Waals surface area (Å²) in [5.41, 5.74) is 0.889. The summed E-state index contributed by atoms with van der Waals surface area (Å²) in [5, 5.41) is 0. The predicted octanol–water partition coefficient (Wildman–Crippen LogP) is 3.45. The number of aromatic nitrogens is 2. The zero-order valence-electron chi connectivity index (χ0n) is 14.7. The summed E-state index contributed by atoms with van der Waals surface area (Å²) in [6, 6.07) is 18.4. The van der Waals surface area contributed by atoms with Crippen LogP contribution in [-0.4, -0.2) is 21.1 Å². The van der Waals surface area contributed by atoms with Crippen LogP contribution in [-0.2, 0) is 4.79 Å². The molecule has 5 nitrogen and oxygen atoms in total. The van der Waals surface area contributed by atoms with Gasteiger partial charge in [0.2, 0.25) is 0 Å². The zero-order chi connectivity index (χ0) is 18.8. The molecule has 5 heteroatoms. The lowest BCUT2D eigenvalue weighted by Gasteiger charge is -2.13. The number of rotatable bonds is 6. The molecule has 1 aliphatic carbocycles. The summed E-state index contributed by atoms with van der Waals surface area (Å²) >= 11 is 0. The van der Waals surface area contributed by atoms with Crippen molar-refractivity contribution in [3.63, 3.8) is 0 Å². The third-order valence-electron chi connectivity index (χ3n) is 4.68. The first-order valence-corrected chi connectivity index (χ1v) is 8.94. The van der Waals surface area contributed by atoms with Gasteiger partial charge in [-0.2, -0.15) is 0 Å². The molecule has 27 heavy (non-hydrogen) atoms. The van der Waals surface area contributed by atoms with E-state index in [1.807, 2.05) is 48.5 Å². The Balaban J connectivity index is 1.83. The minimum Gasteiger partial charge on any atom is -0.299 e. The molecule has 2 aromatic carbocycles. The van der Waals surface area contributed by atoms with Crippen molar-refractivity contribution in [2.45, 2.75) is 19.3 Å². The SMILES string of the molecule is O=C(CC(=O)C1CC1)c1cnc(-c2ccccc2)n(-c2ccccc2)c1=O. The largest absolute Gasteiger partial charge is 0.299 e. The van der Waals surface area contributed by atoms with Gasteiger partial charge in [0.15, 0.2) is 5.78 Å². The van der Waals surface area contributed by atoms with Crippen LogP contribution in [0.25, 0.3) is 17.1 Å². The van der Waals surface area contributed by atoms with Gasteiger partial charge >= 0.3 is 0 Å². The van der Waals surface area contributed by atoms with Crippen LogP contribution in [0.5, 0.6) is 0 Å². The minimum absolute atomic E-state index is 0.0122. The average molecular weight is 358 g/mol. The maximum absolute atomic E-state index is 13.2. The van der Waals surface area contributed by atoms with E-state index in [4.69, 9.17) is 0 Å². The van der Waals surface area contributed by atoms with Crippen molar-refractivity contribution in [1.29, 1.82) is 0 Å². The van der Waals surface area contributed by atoms with Crippen LogP contribution in [0.4, 0.5) is 0 Å². The first-order valence-electron chi connectivity index (χ1n) is 8.94. The van der Waals surface area contributed by atoms with Crippen LogP contribution in [0.1, 0.15) is 29.6 Å². The summed E-state index contributed by atoms with van der Waals surface area (Å²) in [5.74, 6) is -0.106. The molecule has 1 aliphatic rings. The van der Waals surface area contributed by atoms with Crippen LogP contribution in [0, 0.1) is 5.92 Å². The predicted molar refractivity (Wildman–Crippen MR) is 102 cm³/mol. The van der Waals surface area contributed by atoms with E-state index < -0.39 is 11.3 Å². The van der Waals surface area contributed by atoms with Gasteiger partial charge in [0.25, 0.3) is 5.56 Å². The van der Waals surface area contributed by atoms with Crippen molar-refractivity contribution in [1.82, 2.24) is 9.55 Å². The van der Waals surface area contributed by atoms with Gasteiger partial charge in [-0.3, -0.25) is 19.0 Å². The van der Waals surface area contributed by atoms with Crippen molar-refractivity contribution in [3.05, 3.63) is 82.8 Å². The van der Waals surface area contributed by atoms with Gasteiger partial charge in [0.1, 0.15) is 17.2 Å². The number of para-hydroxylation sites is 1. The van der Waals surface area contributed by atoms with Gasteiger partial charge in [-0.15, -0.1) is 0 Å². The van der Waals surface area contributed by atoms with Crippen LogP contribution < -0.4 is 5.56 Å². The second kappa shape index (κ2) is 7.11. The lowest BCUT2D eigenvalue weighted by Crippen LogP contribution is -2.28. The Labute approximate surface area is 156 Å². The highest BCUT2D eigenvalue weighted by Crippen LogP contribution is 2.31. The van der Waals surface area contributed by atoms with Gasteiger partial charge < -0.3 is 0 Å². The molecule has 0 saturated heterocycles. The Morgan fingerprint density at radius 3 is 2.22 bits per heavy atom. The van der Waals surface area contributed by atoms with Crippen LogP contribution in [0.2, 0.25) is 0 Å². The lowest BCUT2D eigenvalue weighted by atomic mass is 10.1. The second-order valence-electron chi connectivity index (χ2n) is 6.68. The van der Waals surface area contributed by atoms with E-state index in [0.29, 0.717) is 11.5 Å². The Morgan fingerprint density at radius 2 is 1.59 bits per heavy atom. The Kier molecular flexibility index (Phi) is 4.50. The van der Waals surface area contributed by atoms with Crippen LogP contribution in [0.15, 0.2) is 71.7 Å². The van der Waals surface area contributed by atoms with E-state index in [2.05, 4.69) is 4.98 Å². The molecule has 1 fully saturated rings. The topological polar surface area (TPSA) is 69.0 Å². The molecule has 3 aromatic rings. The molecule has 1 heterocycles. The summed E-state index contributed by atoms with van der Waals surface area (Å²) in [4.78, 5) is 42.1. The van der Waals surface area contributed by atoms with E-state index in [-0.39, 0.29) is 23.7 Å². The Morgan fingerprint density at radius 1 is 0.963 bits per heavy atom. The molecule has 1 aromatic heterocycles. The van der Waals surface area contributed by atoms with Crippen molar-refractivity contribution in [2.75, 3.05) is 0 Å². The van der Waals surface area contributed by atoms with Gasteiger partial charge in [-0.25, -0.2) is 4.98 Å². The number of ketones is 2. The zero-order valence-corrected chi connectivity index (χ0v) is 14.7. The first kappa shape index (κ1) is 17.1. The van der Waals surface area contributed by atoms with Gasteiger partial charge in [0, 0.05) is 17.7 Å². The monoisotopic (exact) mass is 358 g/mol. The molecule has 0 unspecified atom stereocenters. The molecule has 0 N–H and O–H groups in total. The van der Waals surface area contributed by atoms with Gasteiger partial charge in [-0.05, 0) is 25.0 Å². The van der Waals surface area contributed by atoms with E-state index >= 15 is 0 Å². The number of carbonyl (C=O) groups excluding carboxylic acids is 2. The van der Waals surface area contributed by atoms with Crippen LogP contribution >= 0.6 is 0 Å². The Bertz CT molecular complexity index is 1050. The highest BCUT2D eigenvalue weighted by molar-refractivity contribution is 6.08. The maximum atomic E-state index is 13.2. The standard InChI is InChI=1S/C22H18N2O3/c25-19(15-11-12-15)13-20(26)18-14-23-21(16-7-3-1-4-8-16)24(22(18)27)17-9-5-2-6-10-17/h1-10,14-15H,11-13H2. The van der Waals surface area contributed by atoms with E-state index in [0.717, 1.165) is 18.4 Å². The third kappa shape index (κ3) is 3.49. The Hall–Kier alpha value is -3.34. The molecule has 0 atom stereocenters. The van der Waals surface area contributed by atoms with Crippen LogP contribution in [0.3, 0.4) is 0 Å². The molecule has 1 saturated carbocycles. The van der Waals surface area contributed by atoms with E-state index in [9.17, 15) is 14.4 Å². The summed E-state index contributed by atoms with van der Waals surface area (Å²) in [6.45, 7) is 0. The van der Waals surface area contributed by atoms with Crippen molar-refractivity contribution < 1.29 is 9.59 Å². The smallest absolute Gasteiger partial charge is 0.269 e.